The van der Waals surface area contributed by atoms with Gasteiger partial charge in [0.15, 0.2) is 17.3 Å². The first-order chi connectivity index (χ1) is 19.3. The number of fused-ring (bicyclic) bond motifs is 2. The third-order valence-electron chi connectivity index (χ3n) is 7.49. The lowest BCUT2D eigenvalue weighted by Gasteiger charge is -2.29. The van der Waals surface area contributed by atoms with Gasteiger partial charge in [-0.2, -0.15) is 0 Å². The lowest BCUT2D eigenvalue weighted by Crippen LogP contribution is -2.25. The lowest BCUT2D eigenvalue weighted by atomic mass is 10.0. The summed E-state index contributed by atoms with van der Waals surface area (Å²) in [5.41, 5.74) is 13.3. The Kier molecular flexibility index (Phi) is 8.38. The van der Waals surface area contributed by atoms with Gasteiger partial charge in [0.25, 0.3) is 0 Å². The van der Waals surface area contributed by atoms with Crippen LogP contribution in [0, 0.1) is 20.8 Å². The van der Waals surface area contributed by atoms with Crippen molar-refractivity contribution in [3.05, 3.63) is 71.0 Å². The van der Waals surface area contributed by atoms with Crippen LogP contribution in [0.3, 0.4) is 0 Å². The SMILES string of the molecule is CCN(CC)CCCOc1cc2nc(C3Sc4ccccc4N3c3c(C)cc(C)cc3C)nc(N)c2cc1OC. The molecule has 1 aliphatic heterocycles. The number of nitrogens with two attached hydrogens (primary N) is 1. The van der Waals surface area contributed by atoms with E-state index in [2.05, 4.69) is 80.8 Å². The molecule has 3 aromatic carbocycles. The smallest absolute Gasteiger partial charge is 0.164 e. The Hall–Kier alpha value is -3.49. The maximum atomic E-state index is 6.57. The molecule has 2 heterocycles. The van der Waals surface area contributed by atoms with Crippen LogP contribution < -0.4 is 20.1 Å². The van der Waals surface area contributed by atoms with E-state index >= 15 is 0 Å². The van der Waals surface area contributed by atoms with Crippen LogP contribution in [0.2, 0.25) is 0 Å². The molecule has 4 aromatic rings. The van der Waals surface area contributed by atoms with E-state index in [-0.39, 0.29) is 5.37 Å². The van der Waals surface area contributed by atoms with E-state index in [1.807, 2.05) is 12.1 Å². The zero-order chi connectivity index (χ0) is 28.4. The summed E-state index contributed by atoms with van der Waals surface area (Å²) >= 11 is 1.75. The van der Waals surface area contributed by atoms with Crippen molar-refractivity contribution in [1.29, 1.82) is 0 Å². The standard InChI is InChI=1S/C32H39N5O2S/c1-7-36(8-2)14-11-15-39-27-19-24-23(18-26(27)38-6)30(33)35-31(34-24)32-37(25-12-9-10-13-28(25)40-32)29-21(4)16-20(3)17-22(29)5/h9-10,12-13,16-19,32H,7-8,11,14-15H2,1-6H3,(H2,33,34,35). The van der Waals surface area contributed by atoms with Crippen LogP contribution in [0.5, 0.6) is 11.5 Å². The summed E-state index contributed by atoms with van der Waals surface area (Å²) in [6.07, 6.45) is 0.932. The molecule has 0 spiro atoms. The predicted octanol–water partition coefficient (Wildman–Crippen LogP) is 7.20. The highest BCUT2D eigenvalue weighted by Gasteiger charge is 2.36. The number of thioether (sulfide) groups is 1. The average molecular weight is 558 g/mol. The van der Waals surface area contributed by atoms with E-state index in [4.69, 9.17) is 25.2 Å². The minimum absolute atomic E-state index is 0.162. The summed E-state index contributed by atoms with van der Waals surface area (Å²) < 4.78 is 11.8. The van der Waals surface area contributed by atoms with Crippen LogP contribution in [0.1, 0.15) is 48.2 Å². The molecular weight excluding hydrogens is 518 g/mol. The molecule has 1 atom stereocenters. The summed E-state index contributed by atoms with van der Waals surface area (Å²) in [6.45, 7) is 14.5. The van der Waals surface area contributed by atoms with Gasteiger partial charge in [-0.1, -0.05) is 55.4 Å². The molecule has 2 N–H and O–H groups in total. The average Bonchev–Trinajstić information content (AvgIpc) is 3.31. The second-order valence-electron chi connectivity index (χ2n) is 10.3. The fraction of sp³-hybridized carbons (Fsp3) is 0.375. The number of hydrogen-bond acceptors (Lipinski definition) is 8. The molecule has 1 aliphatic rings. The lowest BCUT2D eigenvalue weighted by molar-refractivity contribution is 0.243. The molecule has 5 rings (SSSR count). The number of benzene rings is 3. The van der Waals surface area contributed by atoms with Crippen molar-refractivity contribution in [1.82, 2.24) is 14.9 Å². The van der Waals surface area contributed by atoms with Crippen LogP contribution in [0.15, 0.2) is 53.4 Å². The summed E-state index contributed by atoms with van der Waals surface area (Å²) in [4.78, 5) is 15.9. The maximum absolute atomic E-state index is 6.57. The molecule has 0 radical (unpaired) electrons. The van der Waals surface area contributed by atoms with Crippen molar-refractivity contribution in [2.24, 2.45) is 0 Å². The second kappa shape index (κ2) is 11.9. The minimum Gasteiger partial charge on any atom is -0.493 e. The number of ether oxygens (including phenoxy) is 2. The maximum Gasteiger partial charge on any atom is 0.164 e. The van der Waals surface area contributed by atoms with Gasteiger partial charge in [0.05, 0.1) is 24.9 Å². The van der Waals surface area contributed by atoms with E-state index in [1.54, 1.807) is 18.9 Å². The highest BCUT2D eigenvalue weighted by atomic mass is 32.2. The molecule has 0 saturated heterocycles. The number of methoxy groups -OCH3 is 1. The monoisotopic (exact) mass is 557 g/mol. The van der Waals surface area contributed by atoms with Crippen LogP contribution >= 0.6 is 11.8 Å². The molecule has 0 bridgehead atoms. The first kappa shape index (κ1) is 28.1. The third kappa shape index (κ3) is 5.43. The molecular formula is C32H39N5O2S. The largest absolute Gasteiger partial charge is 0.493 e. The second-order valence-corrected chi connectivity index (χ2v) is 11.4. The molecule has 0 fully saturated rings. The van der Waals surface area contributed by atoms with Crippen molar-refractivity contribution >= 4 is 39.9 Å². The van der Waals surface area contributed by atoms with Crippen molar-refractivity contribution in [3.63, 3.8) is 0 Å². The molecule has 7 nitrogen and oxygen atoms in total. The number of nitrogen functional groups attached to an aromatic ring is 1. The van der Waals surface area contributed by atoms with Gasteiger partial charge >= 0.3 is 0 Å². The number of anilines is 3. The van der Waals surface area contributed by atoms with Gasteiger partial charge in [-0.15, -0.1) is 0 Å². The van der Waals surface area contributed by atoms with E-state index < -0.39 is 0 Å². The van der Waals surface area contributed by atoms with Crippen molar-refractivity contribution in [2.45, 2.75) is 51.3 Å². The Morgan fingerprint density at radius 2 is 1.70 bits per heavy atom. The van der Waals surface area contributed by atoms with E-state index in [0.717, 1.165) is 42.6 Å². The zero-order valence-electron chi connectivity index (χ0n) is 24.3. The molecule has 40 heavy (non-hydrogen) atoms. The summed E-state index contributed by atoms with van der Waals surface area (Å²) in [5, 5.41) is 0.593. The number of aryl methyl sites for hydroxylation is 3. The Labute approximate surface area is 241 Å². The minimum atomic E-state index is -0.162. The Morgan fingerprint density at radius 1 is 0.975 bits per heavy atom. The van der Waals surface area contributed by atoms with Crippen molar-refractivity contribution in [3.8, 4) is 11.5 Å². The normalized spacial score (nSPS) is 14.7. The topological polar surface area (TPSA) is 76.7 Å². The number of nitrogens with zero attached hydrogens (tertiary/aromatic N) is 4. The summed E-state index contributed by atoms with van der Waals surface area (Å²) in [7, 11) is 1.64. The van der Waals surface area contributed by atoms with Gasteiger partial charge < -0.3 is 25.0 Å². The van der Waals surface area contributed by atoms with E-state index in [1.165, 1.54) is 27.3 Å². The molecule has 0 aliphatic carbocycles. The fourth-order valence-electron chi connectivity index (χ4n) is 5.59. The number of hydrogen-bond donors (Lipinski definition) is 1. The van der Waals surface area contributed by atoms with Gasteiger partial charge in [-0.3, -0.25) is 0 Å². The van der Waals surface area contributed by atoms with Crippen LogP contribution in [-0.4, -0.2) is 48.2 Å². The first-order valence-electron chi connectivity index (χ1n) is 14.0. The zero-order valence-corrected chi connectivity index (χ0v) is 25.1. The van der Waals surface area contributed by atoms with Crippen LogP contribution in [0.4, 0.5) is 17.2 Å². The van der Waals surface area contributed by atoms with Crippen LogP contribution in [-0.2, 0) is 0 Å². The van der Waals surface area contributed by atoms with Crippen LogP contribution in [0.25, 0.3) is 10.9 Å². The first-order valence-corrected chi connectivity index (χ1v) is 14.9. The number of para-hydroxylation sites is 1. The molecule has 8 heteroatoms. The van der Waals surface area contributed by atoms with Crippen molar-refractivity contribution < 1.29 is 9.47 Å². The molecule has 0 saturated carbocycles. The fourth-order valence-corrected chi connectivity index (χ4v) is 6.81. The quantitative estimate of drug-likeness (QED) is 0.205. The van der Waals surface area contributed by atoms with Gasteiger partial charge in [-0.25, -0.2) is 9.97 Å². The van der Waals surface area contributed by atoms with Gasteiger partial charge in [-0.05, 0) is 69.6 Å². The van der Waals surface area contributed by atoms with Gasteiger partial charge in [0.2, 0.25) is 0 Å². The van der Waals surface area contributed by atoms with E-state index in [9.17, 15) is 0 Å². The number of rotatable bonds is 10. The Balaban J connectivity index is 1.53. The molecule has 210 valence electrons. The number of aromatic nitrogens is 2. The molecule has 1 aromatic heterocycles. The molecule has 1 unspecified atom stereocenters. The van der Waals surface area contributed by atoms with Gasteiger partial charge in [0, 0.05) is 28.6 Å². The van der Waals surface area contributed by atoms with Gasteiger partial charge in [0.1, 0.15) is 11.2 Å². The Bertz CT molecular complexity index is 1500. The van der Waals surface area contributed by atoms with E-state index in [0.29, 0.717) is 29.7 Å². The third-order valence-corrected chi connectivity index (χ3v) is 8.74. The van der Waals surface area contributed by atoms with Crippen molar-refractivity contribution in [2.75, 3.05) is 44.0 Å². The summed E-state index contributed by atoms with van der Waals surface area (Å²) in [5.74, 6) is 2.40. The highest BCUT2D eigenvalue weighted by Crippen LogP contribution is 2.55. The Morgan fingerprint density at radius 3 is 2.40 bits per heavy atom. The highest BCUT2D eigenvalue weighted by molar-refractivity contribution is 8.00. The summed E-state index contributed by atoms with van der Waals surface area (Å²) in [6, 6.07) is 16.8. The predicted molar refractivity (Wildman–Crippen MR) is 166 cm³/mol. The molecule has 0 amide bonds.